The van der Waals surface area contributed by atoms with Crippen molar-refractivity contribution in [3.05, 3.63) is 97.5 Å². The molecule has 142 valence electrons. The van der Waals surface area contributed by atoms with E-state index in [1.54, 1.807) is 30.5 Å². The Bertz CT molecular complexity index is 1020. The minimum Gasteiger partial charge on any atom is -0.487 e. The fraction of sp³-hybridized carbons (Fsp3) is 0.0952. The van der Waals surface area contributed by atoms with Gasteiger partial charge < -0.3 is 4.74 Å². The number of benzene rings is 3. The van der Waals surface area contributed by atoms with E-state index in [1.807, 2.05) is 31.2 Å². The minimum absolute atomic E-state index is 0.00636. The molecule has 3 rings (SSSR count). The largest absolute Gasteiger partial charge is 0.487 e. The van der Waals surface area contributed by atoms with Gasteiger partial charge in [-0.2, -0.15) is 0 Å². The zero-order chi connectivity index (χ0) is 20.1. The fourth-order valence-corrected chi connectivity index (χ4v) is 3.04. The lowest BCUT2D eigenvalue weighted by atomic mass is 10.1. The van der Waals surface area contributed by atoms with Crippen molar-refractivity contribution < 1.29 is 9.66 Å². The van der Waals surface area contributed by atoms with Gasteiger partial charge in [-0.3, -0.25) is 15.1 Å². The molecule has 0 atom stereocenters. The van der Waals surface area contributed by atoms with Crippen molar-refractivity contribution in [2.24, 2.45) is 4.99 Å². The number of rotatable bonds is 6. The summed E-state index contributed by atoms with van der Waals surface area (Å²) in [6, 6.07) is 17.2. The number of halogens is 2. The molecule has 5 nitrogen and oxygen atoms in total. The van der Waals surface area contributed by atoms with Crippen LogP contribution in [0, 0.1) is 17.0 Å². The molecule has 0 spiro atoms. The van der Waals surface area contributed by atoms with Gasteiger partial charge in [0.1, 0.15) is 12.4 Å². The van der Waals surface area contributed by atoms with E-state index in [1.165, 1.54) is 17.7 Å². The second-order valence-corrected chi connectivity index (χ2v) is 6.96. The molecule has 0 aliphatic rings. The zero-order valence-electron chi connectivity index (χ0n) is 14.9. The van der Waals surface area contributed by atoms with Crippen molar-refractivity contribution in [1.29, 1.82) is 0 Å². The first-order valence-electron chi connectivity index (χ1n) is 8.38. The van der Waals surface area contributed by atoms with E-state index in [4.69, 9.17) is 27.9 Å². The molecule has 0 radical (unpaired) electrons. The lowest BCUT2D eigenvalue weighted by molar-refractivity contribution is -0.384. The quantitative estimate of drug-likeness (QED) is 0.261. The van der Waals surface area contributed by atoms with Crippen LogP contribution in [0.25, 0.3) is 0 Å². The van der Waals surface area contributed by atoms with Gasteiger partial charge in [0.15, 0.2) is 0 Å². The van der Waals surface area contributed by atoms with Crippen LogP contribution in [-0.2, 0) is 6.61 Å². The summed E-state index contributed by atoms with van der Waals surface area (Å²) >= 11 is 12.4. The van der Waals surface area contributed by atoms with Crippen molar-refractivity contribution in [3.63, 3.8) is 0 Å². The van der Waals surface area contributed by atoms with Crippen molar-refractivity contribution in [2.45, 2.75) is 13.5 Å². The number of ether oxygens (including phenoxy) is 1. The monoisotopic (exact) mass is 414 g/mol. The highest BCUT2D eigenvalue weighted by atomic mass is 35.5. The summed E-state index contributed by atoms with van der Waals surface area (Å²) < 4.78 is 5.92. The van der Waals surface area contributed by atoms with Gasteiger partial charge >= 0.3 is 0 Å². The molecule has 0 amide bonds. The average molecular weight is 415 g/mol. The Morgan fingerprint density at radius 3 is 2.39 bits per heavy atom. The van der Waals surface area contributed by atoms with Crippen LogP contribution in [0.1, 0.15) is 16.7 Å². The molecule has 3 aromatic rings. The van der Waals surface area contributed by atoms with Gasteiger partial charge in [0.25, 0.3) is 5.69 Å². The molecule has 0 heterocycles. The summed E-state index contributed by atoms with van der Waals surface area (Å²) in [5.74, 6) is 0.470. The fourth-order valence-electron chi connectivity index (χ4n) is 2.47. The Labute approximate surface area is 172 Å². The number of hydrogen-bond donors (Lipinski definition) is 0. The number of non-ortho nitro benzene ring substituents is 1. The zero-order valence-corrected chi connectivity index (χ0v) is 16.4. The lowest BCUT2D eigenvalue weighted by Crippen LogP contribution is -1.99. The Kier molecular flexibility index (Phi) is 6.29. The molecule has 0 bridgehead atoms. The summed E-state index contributed by atoms with van der Waals surface area (Å²) in [6.07, 6.45) is 1.57. The molecule has 0 N–H and O–H groups in total. The molecule has 0 aliphatic carbocycles. The first-order valence-corrected chi connectivity index (χ1v) is 9.14. The van der Waals surface area contributed by atoms with Crippen LogP contribution in [0.2, 0.25) is 10.0 Å². The van der Waals surface area contributed by atoms with Gasteiger partial charge in [0.2, 0.25) is 0 Å². The Morgan fingerprint density at radius 1 is 1.07 bits per heavy atom. The smallest absolute Gasteiger partial charge is 0.269 e. The van der Waals surface area contributed by atoms with Crippen molar-refractivity contribution in [2.75, 3.05) is 0 Å². The normalized spacial score (nSPS) is 11.0. The molecule has 28 heavy (non-hydrogen) atoms. The van der Waals surface area contributed by atoms with E-state index in [0.29, 0.717) is 33.7 Å². The Hall–Kier alpha value is -2.89. The summed E-state index contributed by atoms with van der Waals surface area (Å²) in [4.78, 5) is 14.6. The van der Waals surface area contributed by atoms with E-state index in [-0.39, 0.29) is 5.69 Å². The maximum Gasteiger partial charge on any atom is 0.269 e. The molecule has 0 aromatic heterocycles. The molecular weight excluding hydrogens is 399 g/mol. The number of aliphatic imine (C=N–C) groups is 1. The van der Waals surface area contributed by atoms with Gasteiger partial charge in [0, 0.05) is 28.9 Å². The Morgan fingerprint density at radius 2 is 1.75 bits per heavy atom. The van der Waals surface area contributed by atoms with Crippen LogP contribution in [0.3, 0.4) is 0 Å². The van der Waals surface area contributed by atoms with Crippen LogP contribution in [-0.4, -0.2) is 11.1 Å². The third-order valence-corrected chi connectivity index (χ3v) is 4.45. The van der Waals surface area contributed by atoms with Crippen LogP contribution >= 0.6 is 23.2 Å². The third kappa shape index (κ3) is 5.09. The van der Waals surface area contributed by atoms with E-state index in [2.05, 4.69) is 4.99 Å². The van der Waals surface area contributed by atoms with E-state index < -0.39 is 4.92 Å². The van der Waals surface area contributed by atoms with Crippen LogP contribution < -0.4 is 4.74 Å². The van der Waals surface area contributed by atoms with E-state index in [0.717, 1.165) is 5.56 Å². The molecule has 0 fully saturated rings. The molecular formula is C21H16Cl2N2O3. The first-order chi connectivity index (χ1) is 13.4. The number of nitro groups is 1. The number of hydrogen-bond acceptors (Lipinski definition) is 4. The number of aryl methyl sites for hydroxylation is 1. The Balaban J connectivity index is 1.83. The van der Waals surface area contributed by atoms with Gasteiger partial charge in [-0.1, -0.05) is 53.0 Å². The van der Waals surface area contributed by atoms with Gasteiger partial charge in [0.05, 0.1) is 15.6 Å². The second kappa shape index (κ2) is 8.87. The molecule has 3 aromatic carbocycles. The molecule has 7 heteroatoms. The maximum absolute atomic E-state index is 10.7. The first kappa shape index (κ1) is 19.9. The van der Waals surface area contributed by atoms with Crippen LogP contribution in [0.4, 0.5) is 11.4 Å². The van der Waals surface area contributed by atoms with Gasteiger partial charge in [-0.25, -0.2) is 0 Å². The van der Waals surface area contributed by atoms with Gasteiger partial charge in [-0.05, 0) is 36.8 Å². The lowest BCUT2D eigenvalue weighted by Gasteiger charge is -2.12. The molecule has 0 aliphatic heterocycles. The summed E-state index contributed by atoms with van der Waals surface area (Å²) in [5.41, 5.74) is 3.36. The van der Waals surface area contributed by atoms with Crippen LogP contribution in [0.15, 0.2) is 65.7 Å². The standard InChI is InChI=1S/C21H16Cl2N2O3/c1-14-2-4-15(5-3-14)13-28-21-16(10-17(22)11-20(21)23)12-24-18-6-8-19(9-7-18)25(26)27/h2-12H,13H2,1H3. The highest BCUT2D eigenvalue weighted by Crippen LogP contribution is 2.32. The van der Waals surface area contributed by atoms with E-state index in [9.17, 15) is 10.1 Å². The summed E-state index contributed by atoms with van der Waals surface area (Å²) in [5, 5.41) is 11.6. The number of nitrogens with zero attached hydrogens (tertiary/aromatic N) is 2. The SMILES string of the molecule is Cc1ccc(COc2c(Cl)cc(Cl)cc2C=Nc2ccc([N+](=O)[O-])cc2)cc1. The molecule has 0 unspecified atom stereocenters. The van der Waals surface area contributed by atoms with Crippen molar-refractivity contribution >= 4 is 40.8 Å². The summed E-state index contributed by atoms with van der Waals surface area (Å²) in [7, 11) is 0. The highest BCUT2D eigenvalue weighted by Gasteiger charge is 2.10. The molecule has 0 saturated heterocycles. The van der Waals surface area contributed by atoms with E-state index >= 15 is 0 Å². The highest BCUT2D eigenvalue weighted by molar-refractivity contribution is 6.36. The number of nitro benzene ring substituents is 1. The summed E-state index contributed by atoms with van der Waals surface area (Å²) in [6.45, 7) is 2.37. The van der Waals surface area contributed by atoms with Crippen LogP contribution in [0.5, 0.6) is 5.75 Å². The van der Waals surface area contributed by atoms with Crippen molar-refractivity contribution in [3.8, 4) is 5.75 Å². The second-order valence-electron chi connectivity index (χ2n) is 6.11. The minimum atomic E-state index is -0.457. The predicted molar refractivity (Wildman–Crippen MR) is 112 cm³/mol. The van der Waals surface area contributed by atoms with Crippen molar-refractivity contribution in [1.82, 2.24) is 0 Å². The average Bonchev–Trinajstić information content (AvgIpc) is 2.67. The van der Waals surface area contributed by atoms with Gasteiger partial charge in [-0.15, -0.1) is 0 Å². The third-order valence-electron chi connectivity index (χ3n) is 3.95. The molecule has 0 saturated carbocycles. The predicted octanol–water partition coefficient (Wildman–Crippen LogP) is 6.54. The maximum atomic E-state index is 10.7. The topological polar surface area (TPSA) is 64.7 Å².